The summed E-state index contributed by atoms with van der Waals surface area (Å²) < 4.78 is 45.7. The third-order valence-corrected chi connectivity index (χ3v) is 7.73. The van der Waals surface area contributed by atoms with Gasteiger partial charge in [0.05, 0.1) is 35.1 Å². The van der Waals surface area contributed by atoms with Crippen molar-refractivity contribution in [2.24, 2.45) is 0 Å². The van der Waals surface area contributed by atoms with Crippen molar-refractivity contribution >= 4 is 27.7 Å². The highest BCUT2D eigenvalue weighted by Crippen LogP contribution is 2.31. The number of ether oxygens (including phenoxy) is 1. The topological polar surface area (TPSA) is 83.5 Å². The lowest BCUT2D eigenvalue weighted by atomic mass is 10.00. The van der Waals surface area contributed by atoms with E-state index in [1.54, 1.807) is 16.0 Å². The van der Waals surface area contributed by atoms with E-state index >= 15 is 0 Å². The third-order valence-electron chi connectivity index (χ3n) is 7.73. The Labute approximate surface area is 212 Å². The number of aryl methyl sites for hydroxylation is 1. The van der Waals surface area contributed by atoms with Gasteiger partial charge < -0.3 is 14.6 Å². The number of aromatic nitrogens is 3. The van der Waals surface area contributed by atoms with Crippen LogP contribution in [0.4, 0.5) is 13.2 Å². The van der Waals surface area contributed by atoms with E-state index in [9.17, 15) is 22.8 Å². The van der Waals surface area contributed by atoms with Crippen molar-refractivity contribution in [2.45, 2.75) is 64.3 Å². The normalized spacial score (nSPS) is 22.3. The molecule has 11 heteroatoms. The number of benzene rings is 1. The van der Waals surface area contributed by atoms with Crippen LogP contribution in [0.25, 0.3) is 21.8 Å². The van der Waals surface area contributed by atoms with Gasteiger partial charge in [-0.05, 0) is 51.3 Å². The van der Waals surface area contributed by atoms with Crippen molar-refractivity contribution in [3.05, 3.63) is 39.8 Å². The summed E-state index contributed by atoms with van der Waals surface area (Å²) in [7, 11) is 0. The maximum Gasteiger partial charge on any atom is 0.390 e. The summed E-state index contributed by atoms with van der Waals surface area (Å²) in [6.07, 6.45) is -1.92. The zero-order chi connectivity index (χ0) is 26.5. The van der Waals surface area contributed by atoms with E-state index in [1.165, 1.54) is 0 Å². The lowest BCUT2D eigenvalue weighted by Gasteiger charge is -2.44. The summed E-state index contributed by atoms with van der Waals surface area (Å²) >= 11 is 0. The first kappa shape index (κ1) is 25.7. The number of hydrogen-bond acceptors (Lipinski definition) is 5. The van der Waals surface area contributed by atoms with Gasteiger partial charge in [0.15, 0.2) is 0 Å². The molecule has 0 spiro atoms. The third kappa shape index (κ3) is 4.98. The van der Waals surface area contributed by atoms with Crippen LogP contribution in [0.3, 0.4) is 0 Å². The summed E-state index contributed by atoms with van der Waals surface area (Å²) in [4.78, 5) is 33.1. The van der Waals surface area contributed by atoms with Gasteiger partial charge in [0, 0.05) is 55.9 Å². The second-order valence-corrected chi connectivity index (χ2v) is 10.4. The van der Waals surface area contributed by atoms with Gasteiger partial charge in [-0.1, -0.05) is 0 Å². The lowest BCUT2D eigenvalue weighted by Crippen LogP contribution is -2.58. The number of H-pyrrole nitrogens is 1. The first-order valence-electron chi connectivity index (χ1n) is 12.8. The number of carbonyl (C=O) groups excluding carboxylic acids is 1. The Morgan fingerprint density at radius 1 is 1.14 bits per heavy atom. The second-order valence-electron chi connectivity index (χ2n) is 10.4. The van der Waals surface area contributed by atoms with Crippen molar-refractivity contribution in [3.63, 3.8) is 0 Å². The number of aromatic amines is 1. The largest absolute Gasteiger partial charge is 0.390 e. The summed E-state index contributed by atoms with van der Waals surface area (Å²) in [5.41, 5.74) is 2.36. The minimum absolute atomic E-state index is 0.0758. The fourth-order valence-electron chi connectivity index (χ4n) is 5.65. The first-order valence-corrected chi connectivity index (χ1v) is 12.8. The van der Waals surface area contributed by atoms with Gasteiger partial charge in [-0.15, -0.1) is 0 Å². The number of carbonyl (C=O) groups is 1. The zero-order valence-electron chi connectivity index (χ0n) is 21.3. The monoisotopic (exact) mass is 519 g/mol. The number of nitrogens with one attached hydrogen (secondary N) is 1. The Bertz CT molecular complexity index is 1380. The standard InChI is InChI=1S/C26H32F3N5O3/c1-15-10-22-20(23-21(24(35)31-22)12-30-34(23)18-4-8-37-9-5-18)11-19(15)25(36)33-14-16(2)32(13-17(33)3)7-6-26(27,28)29/h10-12,16-18H,4-9,13-14H2,1-3H3,(H,31,35)/t16-,17+/m1/s1. The molecule has 1 aromatic carbocycles. The molecule has 200 valence electrons. The van der Waals surface area contributed by atoms with Gasteiger partial charge in [0.1, 0.15) is 0 Å². The Morgan fingerprint density at radius 2 is 1.86 bits per heavy atom. The molecule has 2 aromatic heterocycles. The molecule has 2 atom stereocenters. The van der Waals surface area contributed by atoms with E-state index in [0.717, 1.165) is 23.8 Å². The maximum atomic E-state index is 13.8. The average Bonchev–Trinajstić information content (AvgIpc) is 3.30. The van der Waals surface area contributed by atoms with Gasteiger partial charge in [0.2, 0.25) is 0 Å². The summed E-state index contributed by atoms with van der Waals surface area (Å²) in [5.74, 6) is -0.161. The van der Waals surface area contributed by atoms with Crippen molar-refractivity contribution in [1.29, 1.82) is 0 Å². The molecule has 1 N–H and O–H groups in total. The molecular weight excluding hydrogens is 487 g/mol. The van der Waals surface area contributed by atoms with Crippen molar-refractivity contribution < 1.29 is 22.7 Å². The fourth-order valence-corrected chi connectivity index (χ4v) is 5.65. The Hall–Kier alpha value is -2.92. The highest BCUT2D eigenvalue weighted by atomic mass is 19.4. The van der Waals surface area contributed by atoms with E-state index in [1.807, 2.05) is 37.6 Å². The van der Waals surface area contributed by atoms with Crippen LogP contribution in [0.1, 0.15) is 55.1 Å². The molecule has 0 aliphatic carbocycles. The van der Waals surface area contributed by atoms with Crippen LogP contribution in [0.2, 0.25) is 0 Å². The van der Waals surface area contributed by atoms with Crippen LogP contribution >= 0.6 is 0 Å². The van der Waals surface area contributed by atoms with E-state index in [-0.39, 0.29) is 36.1 Å². The summed E-state index contributed by atoms with van der Waals surface area (Å²) in [6, 6.07) is 3.31. The van der Waals surface area contributed by atoms with Gasteiger partial charge in [0.25, 0.3) is 11.5 Å². The molecule has 0 bridgehead atoms. The second kappa shape index (κ2) is 9.75. The molecule has 0 unspecified atom stereocenters. The van der Waals surface area contributed by atoms with Crippen LogP contribution in [0.15, 0.2) is 23.1 Å². The number of alkyl halides is 3. The molecule has 3 aromatic rings. The molecule has 2 saturated heterocycles. The SMILES string of the molecule is Cc1cc2[nH]c(=O)c3cnn(C4CCOCC4)c3c2cc1C(=O)N1C[C@@H](C)N(CCC(F)(F)F)C[C@@H]1C. The highest BCUT2D eigenvalue weighted by molar-refractivity contribution is 6.07. The molecule has 4 heterocycles. The van der Waals surface area contributed by atoms with Crippen LogP contribution in [0.5, 0.6) is 0 Å². The maximum absolute atomic E-state index is 13.8. The van der Waals surface area contributed by atoms with Gasteiger partial charge in [-0.25, -0.2) is 0 Å². The number of amides is 1. The number of fused-ring (bicyclic) bond motifs is 3. The van der Waals surface area contributed by atoms with Crippen molar-refractivity contribution in [2.75, 3.05) is 32.8 Å². The molecule has 0 radical (unpaired) electrons. The Kier molecular flexibility index (Phi) is 6.78. The smallest absolute Gasteiger partial charge is 0.381 e. The molecule has 37 heavy (non-hydrogen) atoms. The van der Waals surface area contributed by atoms with E-state index in [2.05, 4.69) is 10.1 Å². The van der Waals surface area contributed by atoms with Gasteiger partial charge in [-0.3, -0.25) is 19.2 Å². The van der Waals surface area contributed by atoms with E-state index < -0.39 is 12.6 Å². The number of piperazine rings is 1. The molecule has 2 aliphatic rings. The molecule has 8 nitrogen and oxygen atoms in total. The number of halogens is 3. The summed E-state index contributed by atoms with van der Waals surface area (Å²) in [6.45, 7) is 7.46. The minimum Gasteiger partial charge on any atom is -0.381 e. The van der Waals surface area contributed by atoms with Crippen molar-refractivity contribution in [3.8, 4) is 0 Å². The fraction of sp³-hybridized carbons (Fsp3) is 0.577. The van der Waals surface area contributed by atoms with Gasteiger partial charge >= 0.3 is 6.18 Å². The minimum atomic E-state index is -4.21. The Morgan fingerprint density at radius 3 is 2.57 bits per heavy atom. The molecule has 2 aliphatic heterocycles. The predicted molar refractivity (Wildman–Crippen MR) is 134 cm³/mol. The highest BCUT2D eigenvalue weighted by Gasteiger charge is 2.35. The molecule has 1 amide bonds. The quantitative estimate of drug-likeness (QED) is 0.563. The number of hydrogen-bond donors (Lipinski definition) is 1. The number of rotatable bonds is 4. The molecular formula is C26H32F3N5O3. The zero-order valence-corrected chi connectivity index (χ0v) is 21.3. The van der Waals surface area contributed by atoms with E-state index in [4.69, 9.17) is 4.74 Å². The lowest BCUT2D eigenvalue weighted by molar-refractivity contribution is -0.140. The Balaban J connectivity index is 1.49. The van der Waals surface area contributed by atoms with Crippen LogP contribution < -0.4 is 5.56 Å². The molecule has 5 rings (SSSR count). The van der Waals surface area contributed by atoms with E-state index in [0.29, 0.717) is 48.3 Å². The van der Waals surface area contributed by atoms with Crippen LogP contribution in [-0.2, 0) is 4.74 Å². The predicted octanol–water partition coefficient (Wildman–Crippen LogP) is 4.02. The molecule has 0 saturated carbocycles. The average molecular weight is 520 g/mol. The molecule has 2 fully saturated rings. The van der Waals surface area contributed by atoms with Crippen LogP contribution in [0, 0.1) is 6.92 Å². The first-order chi connectivity index (χ1) is 17.5. The van der Waals surface area contributed by atoms with Gasteiger partial charge in [-0.2, -0.15) is 18.3 Å². The number of nitrogens with zero attached hydrogens (tertiary/aromatic N) is 4. The number of pyridine rings is 1. The summed E-state index contributed by atoms with van der Waals surface area (Å²) in [5, 5.41) is 5.76. The van der Waals surface area contributed by atoms with Crippen LogP contribution in [-0.4, -0.2) is 81.6 Å². The van der Waals surface area contributed by atoms with Crippen molar-refractivity contribution in [1.82, 2.24) is 24.6 Å².